The molecule has 1 N–H and O–H groups in total. The van der Waals surface area contributed by atoms with Crippen LogP contribution in [-0.4, -0.2) is 16.2 Å². The molecule has 0 aliphatic carbocycles. The number of hydrogen-bond donors (Lipinski definition) is 1. The van der Waals surface area contributed by atoms with Gasteiger partial charge in [0.15, 0.2) is 6.17 Å². The monoisotopic (exact) mass is 692 g/mol. The lowest BCUT2D eigenvalue weighted by Crippen LogP contribution is -2.36. The van der Waals surface area contributed by atoms with Crippen molar-refractivity contribution in [3.05, 3.63) is 199 Å². The maximum Gasteiger partial charge on any atom is 0.169 e. The zero-order valence-corrected chi connectivity index (χ0v) is 29.1. The first-order valence-corrected chi connectivity index (χ1v) is 18.3. The van der Waals surface area contributed by atoms with E-state index in [1.807, 2.05) is 42.5 Å². The highest BCUT2D eigenvalue weighted by Crippen LogP contribution is 2.36. The van der Waals surface area contributed by atoms with Gasteiger partial charge in [-0.2, -0.15) is 0 Å². The minimum absolute atomic E-state index is 0.416. The number of rotatable bonds is 5. The van der Waals surface area contributed by atoms with Gasteiger partial charge in [-0.3, -0.25) is 0 Å². The number of nitrogens with one attached hydrogen (secondary N) is 1. The summed E-state index contributed by atoms with van der Waals surface area (Å²) in [6.45, 7) is 0. The molecule has 1 unspecified atom stereocenters. The quantitative estimate of drug-likeness (QED) is 0.195. The van der Waals surface area contributed by atoms with Crippen LogP contribution in [0.2, 0.25) is 0 Å². The standard InChI is InChI=1S/C49H32N4O/c1-2-11-32(12-3-1)47-50-48(52-49(51-47)37-25-26-46-42(29-37)40-18-7-9-20-45(40)54-46)33-23-21-31(22-24-33)34-15-10-16-38(27-34)53-43-19-8-6-17-39(43)41-28-35-13-4-5-14-36(35)30-44(41)53/h1-30,48H,(H,50,51,52). The highest BCUT2D eigenvalue weighted by molar-refractivity contribution is 6.18. The highest BCUT2D eigenvalue weighted by Gasteiger charge is 2.22. The molecule has 1 aliphatic heterocycles. The maximum atomic E-state index is 6.12. The van der Waals surface area contributed by atoms with Gasteiger partial charge in [-0.1, -0.05) is 127 Å². The molecule has 8 aromatic carbocycles. The molecule has 1 aliphatic rings. The third-order valence-electron chi connectivity index (χ3n) is 10.6. The Labute approximate surface area is 311 Å². The molecular formula is C49H32N4O. The Bertz CT molecular complexity index is 3130. The molecule has 0 bridgehead atoms. The second kappa shape index (κ2) is 12.2. The fraction of sp³-hybridized carbons (Fsp3) is 0.0204. The van der Waals surface area contributed by atoms with Crippen molar-refractivity contribution in [2.45, 2.75) is 6.17 Å². The van der Waals surface area contributed by atoms with Gasteiger partial charge in [0.25, 0.3) is 0 Å². The Balaban J connectivity index is 0.977. The molecule has 0 saturated carbocycles. The molecule has 0 saturated heterocycles. The summed E-state index contributed by atoms with van der Waals surface area (Å²) >= 11 is 0. The molecule has 0 radical (unpaired) electrons. The van der Waals surface area contributed by atoms with Crippen molar-refractivity contribution < 1.29 is 4.42 Å². The molecule has 0 fully saturated rings. The zero-order valence-electron chi connectivity index (χ0n) is 29.1. The molecular weight excluding hydrogens is 661 g/mol. The minimum atomic E-state index is -0.416. The van der Waals surface area contributed by atoms with Gasteiger partial charge in [-0.05, 0) is 82.1 Å². The predicted octanol–water partition coefficient (Wildman–Crippen LogP) is 12.0. The van der Waals surface area contributed by atoms with Crippen LogP contribution in [0.3, 0.4) is 0 Å². The van der Waals surface area contributed by atoms with E-state index in [-0.39, 0.29) is 0 Å². The van der Waals surface area contributed by atoms with Crippen LogP contribution in [-0.2, 0) is 0 Å². The van der Waals surface area contributed by atoms with Crippen molar-refractivity contribution >= 4 is 66.2 Å². The number of aromatic nitrogens is 1. The summed E-state index contributed by atoms with van der Waals surface area (Å²) in [5, 5.41) is 10.7. The van der Waals surface area contributed by atoms with E-state index in [0.29, 0.717) is 0 Å². The Morgan fingerprint density at radius 3 is 1.94 bits per heavy atom. The normalized spacial score (nSPS) is 14.5. The molecule has 0 amide bonds. The van der Waals surface area contributed by atoms with Crippen molar-refractivity contribution in [2.75, 3.05) is 0 Å². The average molecular weight is 693 g/mol. The number of fused-ring (bicyclic) bond motifs is 7. The van der Waals surface area contributed by atoms with Gasteiger partial charge in [0.2, 0.25) is 0 Å². The number of benzene rings is 8. The molecule has 5 nitrogen and oxygen atoms in total. The minimum Gasteiger partial charge on any atom is -0.456 e. The van der Waals surface area contributed by atoms with Crippen molar-refractivity contribution in [2.24, 2.45) is 9.98 Å². The predicted molar refractivity (Wildman–Crippen MR) is 223 cm³/mol. The lowest BCUT2D eigenvalue weighted by Gasteiger charge is -2.22. The smallest absolute Gasteiger partial charge is 0.169 e. The van der Waals surface area contributed by atoms with Crippen LogP contribution in [0.25, 0.3) is 71.3 Å². The van der Waals surface area contributed by atoms with Crippen molar-refractivity contribution in [3.63, 3.8) is 0 Å². The van der Waals surface area contributed by atoms with E-state index in [9.17, 15) is 0 Å². The summed E-state index contributed by atoms with van der Waals surface area (Å²) in [6, 6.07) is 64.1. The van der Waals surface area contributed by atoms with Gasteiger partial charge in [0, 0.05) is 38.4 Å². The molecule has 0 spiro atoms. The lowest BCUT2D eigenvalue weighted by atomic mass is 10.0. The number of hydrogen-bond acceptors (Lipinski definition) is 4. The van der Waals surface area contributed by atoms with E-state index < -0.39 is 6.17 Å². The average Bonchev–Trinajstić information content (AvgIpc) is 3.78. The first-order valence-electron chi connectivity index (χ1n) is 18.3. The number of amidine groups is 2. The van der Waals surface area contributed by atoms with Crippen LogP contribution < -0.4 is 5.32 Å². The fourth-order valence-electron chi connectivity index (χ4n) is 7.97. The van der Waals surface area contributed by atoms with E-state index in [1.54, 1.807) is 0 Å². The van der Waals surface area contributed by atoms with Gasteiger partial charge in [-0.25, -0.2) is 9.98 Å². The molecule has 1 atom stereocenters. The van der Waals surface area contributed by atoms with E-state index in [4.69, 9.17) is 14.4 Å². The summed E-state index contributed by atoms with van der Waals surface area (Å²) in [7, 11) is 0. The topological polar surface area (TPSA) is 54.8 Å². The van der Waals surface area contributed by atoms with Crippen molar-refractivity contribution in [1.82, 2.24) is 9.88 Å². The van der Waals surface area contributed by atoms with Crippen LogP contribution in [0.4, 0.5) is 0 Å². The second-order valence-corrected chi connectivity index (χ2v) is 13.9. The molecule has 3 heterocycles. The largest absolute Gasteiger partial charge is 0.456 e. The Morgan fingerprint density at radius 2 is 1.09 bits per heavy atom. The van der Waals surface area contributed by atoms with Gasteiger partial charge in [0.1, 0.15) is 22.8 Å². The third kappa shape index (κ3) is 5.01. The lowest BCUT2D eigenvalue weighted by molar-refractivity contribution is 0.669. The highest BCUT2D eigenvalue weighted by atomic mass is 16.3. The van der Waals surface area contributed by atoms with Gasteiger partial charge in [0.05, 0.1) is 11.0 Å². The summed E-state index contributed by atoms with van der Waals surface area (Å²) in [5.41, 5.74) is 10.6. The van der Waals surface area contributed by atoms with Gasteiger partial charge in [-0.15, -0.1) is 0 Å². The molecule has 10 aromatic rings. The van der Waals surface area contributed by atoms with E-state index in [1.165, 1.54) is 32.6 Å². The maximum absolute atomic E-state index is 6.12. The number of para-hydroxylation sites is 2. The van der Waals surface area contributed by atoms with Crippen molar-refractivity contribution in [1.29, 1.82) is 0 Å². The van der Waals surface area contributed by atoms with Crippen LogP contribution in [0.1, 0.15) is 22.9 Å². The first-order chi connectivity index (χ1) is 26.7. The number of furan rings is 1. The molecule has 254 valence electrons. The summed E-state index contributed by atoms with van der Waals surface area (Å²) < 4.78 is 8.51. The molecule has 2 aromatic heterocycles. The summed E-state index contributed by atoms with van der Waals surface area (Å²) in [4.78, 5) is 10.3. The van der Waals surface area contributed by atoms with Crippen LogP contribution >= 0.6 is 0 Å². The van der Waals surface area contributed by atoms with Crippen molar-refractivity contribution in [3.8, 4) is 16.8 Å². The number of aliphatic imine (C=N–C) groups is 2. The summed E-state index contributed by atoms with van der Waals surface area (Å²) in [6.07, 6.45) is -0.416. The molecule has 5 heteroatoms. The van der Waals surface area contributed by atoms with Gasteiger partial charge >= 0.3 is 0 Å². The van der Waals surface area contributed by atoms with Crippen LogP contribution in [0, 0.1) is 0 Å². The Hall–Kier alpha value is -7.24. The molecule has 11 rings (SSSR count). The van der Waals surface area contributed by atoms with Crippen LogP contribution in [0.15, 0.2) is 196 Å². The Kier molecular flexibility index (Phi) is 6.85. The second-order valence-electron chi connectivity index (χ2n) is 13.9. The summed E-state index contributed by atoms with van der Waals surface area (Å²) in [5.74, 6) is 1.57. The molecule has 54 heavy (non-hydrogen) atoms. The third-order valence-corrected chi connectivity index (χ3v) is 10.6. The van der Waals surface area contributed by atoms with E-state index in [2.05, 4.69) is 149 Å². The Morgan fingerprint density at radius 1 is 0.426 bits per heavy atom. The van der Waals surface area contributed by atoms with Gasteiger partial charge < -0.3 is 14.3 Å². The van der Waals surface area contributed by atoms with E-state index in [0.717, 1.165) is 67.1 Å². The fourth-order valence-corrected chi connectivity index (χ4v) is 7.97. The van der Waals surface area contributed by atoms with Crippen LogP contribution in [0.5, 0.6) is 0 Å². The van der Waals surface area contributed by atoms with E-state index >= 15 is 0 Å². The zero-order chi connectivity index (χ0) is 35.6. The SMILES string of the molecule is c1ccc(C2=NC(c3ccc(-c4cccc(-n5c6ccccc6c6cc7ccccc7cc65)c4)cc3)N=C(c3ccc4oc5ccccc5c4c3)N2)cc1. The first kappa shape index (κ1) is 30.4. The number of nitrogens with zero attached hydrogens (tertiary/aromatic N) is 3.